The first kappa shape index (κ1) is 20.1. The van der Waals surface area contributed by atoms with Gasteiger partial charge in [0.05, 0.1) is 31.2 Å². The minimum absolute atomic E-state index is 0.195. The van der Waals surface area contributed by atoms with E-state index in [1.165, 1.54) is 7.11 Å². The standard InChI is InChI=1S/C21H28N4O3/c1-14(18(21(27)28-2)10-15-4-3-9-22-11-15)25-20(26)17-7-5-16(6-8-17)19-12-23-13-24-19/h5-8,12-15,18,22H,3-4,9-11H2,1-2H3,(H,23,24)(H,25,26)/t14-,15?,18-/m1/s1. The van der Waals surface area contributed by atoms with Gasteiger partial charge in [-0.3, -0.25) is 9.59 Å². The number of imidazole rings is 1. The van der Waals surface area contributed by atoms with Crippen LogP contribution in [0.15, 0.2) is 36.8 Å². The molecule has 1 unspecified atom stereocenters. The van der Waals surface area contributed by atoms with Gasteiger partial charge in [0.1, 0.15) is 0 Å². The summed E-state index contributed by atoms with van der Waals surface area (Å²) in [5.74, 6) is -0.402. The molecule has 28 heavy (non-hydrogen) atoms. The molecule has 0 radical (unpaired) electrons. The van der Waals surface area contributed by atoms with Crippen LogP contribution in [0, 0.1) is 11.8 Å². The van der Waals surface area contributed by atoms with Gasteiger partial charge in [-0.2, -0.15) is 0 Å². The Morgan fingerprint density at radius 3 is 2.71 bits per heavy atom. The van der Waals surface area contributed by atoms with Crippen molar-refractivity contribution < 1.29 is 14.3 Å². The van der Waals surface area contributed by atoms with Crippen LogP contribution in [0.2, 0.25) is 0 Å². The molecule has 1 aromatic carbocycles. The van der Waals surface area contributed by atoms with Crippen molar-refractivity contribution in [1.29, 1.82) is 0 Å². The second-order valence-corrected chi connectivity index (χ2v) is 7.38. The van der Waals surface area contributed by atoms with E-state index in [9.17, 15) is 9.59 Å². The predicted octanol–water partition coefficient (Wildman–Crippen LogP) is 2.37. The topological polar surface area (TPSA) is 96.1 Å². The van der Waals surface area contributed by atoms with E-state index in [0.717, 1.165) is 37.2 Å². The number of amides is 1. The number of methoxy groups -OCH3 is 1. The van der Waals surface area contributed by atoms with Crippen LogP contribution >= 0.6 is 0 Å². The number of piperidine rings is 1. The van der Waals surface area contributed by atoms with Crippen LogP contribution in [0.25, 0.3) is 11.3 Å². The number of esters is 1. The summed E-state index contributed by atoms with van der Waals surface area (Å²) in [6, 6.07) is 6.98. The van der Waals surface area contributed by atoms with Crippen LogP contribution in [0.3, 0.4) is 0 Å². The normalized spacial score (nSPS) is 18.9. The zero-order chi connectivity index (χ0) is 19.9. The van der Waals surface area contributed by atoms with E-state index in [4.69, 9.17) is 4.74 Å². The van der Waals surface area contributed by atoms with Gasteiger partial charge in [0.2, 0.25) is 0 Å². The number of H-pyrrole nitrogens is 1. The third-order valence-corrected chi connectivity index (χ3v) is 5.41. The molecular formula is C21H28N4O3. The molecule has 3 rings (SSSR count). The van der Waals surface area contributed by atoms with Gasteiger partial charge in [-0.15, -0.1) is 0 Å². The molecule has 1 aliphatic heterocycles. The molecule has 7 nitrogen and oxygen atoms in total. The third-order valence-electron chi connectivity index (χ3n) is 5.41. The molecule has 1 aromatic heterocycles. The maximum atomic E-state index is 12.7. The smallest absolute Gasteiger partial charge is 0.310 e. The number of carbonyl (C=O) groups is 2. The molecular weight excluding hydrogens is 356 g/mol. The summed E-state index contributed by atoms with van der Waals surface area (Å²) in [4.78, 5) is 32.0. The number of aromatic amines is 1. The van der Waals surface area contributed by atoms with Gasteiger partial charge in [-0.25, -0.2) is 4.98 Å². The molecule has 0 spiro atoms. The monoisotopic (exact) mass is 384 g/mol. The number of hydrogen-bond donors (Lipinski definition) is 3. The number of rotatable bonds is 7. The average molecular weight is 384 g/mol. The first-order chi connectivity index (χ1) is 13.6. The van der Waals surface area contributed by atoms with Crippen molar-refractivity contribution in [1.82, 2.24) is 20.6 Å². The number of benzene rings is 1. The lowest BCUT2D eigenvalue weighted by Gasteiger charge is -2.29. The fraction of sp³-hybridized carbons (Fsp3) is 0.476. The van der Waals surface area contributed by atoms with E-state index in [1.54, 1.807) is 24.7 Å². The minimum Gasteiger partial charge on any atom is -0.469 e. The highest BCUT2D eigenvalue weighted by Gasteiger charge is 2.30. The Labute approximate surface area is 165 Å². The van der Waals surface area contributed by atoms with Crippen LogP contribution < -0.4 is 10.6 Å². The second kappa shape index (κ2) is 9.50. The van der Waals surface area contributed by atoms with E-state index >= 15 is 0 Å². The Hall–Kier alpha value is -2.67. The van der Waals surface area contributed by atoms with Gasteiger partial charge in [-0.05, 0) is 62.9 Å². The molecule has 3 N–H and O–H groups in total. The lowest BCUT2D eigenvalue weighted by molar-refractivity contribution is -0.147. The van der Waals surface area contributed by atoms with Crippen molar-refractivity contribution in [2.24, 2.45) is 11.8 Å². The van der Waals surface area contributed by atoms with E-state index in [2.05, 4.69) is 20.6 Å². The highest BCUT2D eigenvalue weighted by molar-refractivity contribution is 5.95. The summed E-state index contributed by atoms with van der Waals surface area (Å²) in [6.07, 6.45) is 6.27. The summed E-state index contributed by atoms with van der Waals surface area (Å²) < 4.78 is 5.00. The molecule has 7 heteroatoms. The van der Waals surface area contributed by atoms with Crippen LogP contribution in [0.5, 0.6) is 0 Å². The summed E-state index contributed by atoms with van der Waals surface area (Å²) >= 11 is 0. The summed E-state index contributed by atoms with van der Waals surface area (Å²) in [7, 11) is 1.40. The zero-order valence-corrected chi connectivity index (χ0v) is 16.4. The van der Waals surface area contributed by atoms with Crippen molar-refractivity contribution in [3.63, 3.8) is 0 Å². The van der Waals surface area contributed by atoms with Crippen LogP contribution in [0.1, 0.15) is 36.5 Å². The molecule has 150 valence electrons. The Kier molecular flexibility index (Phi) is 6.81. The summed E-state index contributed by atoms with van der Waals surface area (Å²) in [5, 5.41) is 6.35. The van der Waals surface area contributed by atoms with Crippen molar-refractivity contribution in [2.45, 2.75) is 32.2 Å². The molecule has 1 fully saturated rings. The molecule has 0 bridgehead atoms. The number of nitrogens with one attached hydrogen (secondary N) is 3. The first-order valence-corrected chi connectivity index (χ1v) is 9.76. The van der Waals surface area contributed by atoms with Crippen molar-refractivity contribution >= 4 is 11.9 Å². The predicted molar refractivity (Wildman–Crippen MR) is 107 cm³/mol. The number of ether oxygens (including phenoxy) is 1. The van der Waals surface area contributed by atoms with Gasteiger partial charge >= 0.3 is 5.97 Å². The molecule has 1 aliphatic rings. The molecule has 1 saturated heterocycles. The van der Waals surface area contributed by atoms with E-state index in [-0.39, 0.29) is 23.8 Å². The largest absolute Gasteiger partial charge is 0.469 e. The quantitative estimate of drug-likeness (QED) is 0.637. The average Bonchev–Trinajstić information content (AvgIpc) is 3.27. The number of nitrogens with zero attached hydrogens (tertiary/aromatic N) is 1. The van der Waals surface area contributed by atoms with Crippen molar-refractivity contribution in [3.05, 3.63) is 42.4 Å². The van der Waals surface area contributed by atoms with Crippen molar-refractivity contribution in [3.8, 4) is 11.3 Å². The second-order valence-electron chi connectivity index (χ2n) is 7.38. The fourth-order valence-electron chi connectivity index (χ4n) is 3.75. The summed E-state index contributed by atoms with van der Waals surface area (Å²) in [5.41, 5.74) is 2.41. The van der Waals surface area contributed by atoms with Gasteiger partial charge in [-0.1, -0.05) is 12.1 Å². The molecule has 0 aliphatic carbocycles. The highest BCUT2D eigenvalue weighted by atomic mass is 16.5. The van der Waals surface area contributed by atoms with E-state index < -0.39 is 0 Å². The minimum atomic E-state index is -0.358. The molecule has 1 amide bonds. The van der Waals surface area contributed by atoms with Crippen LogP contribution in [0.4, 0.5) is 0 Å². The van der Waals surface area contributed by atoms with Crippen LogP contribution in [-0.4, -0.2) is 48.1 Å². The SMILES string of the molecule is COC(=O)[C@H](CC1CCCNC1)[C@@H](C)NC(=O)c1ccc(-c2cnc[nH]2)cc1. The maximum absolute atomic E-state index is 12.7. The van der Waals surface area contributed by atoms with Gasteiger partial charge in [0.15, 0.2) is 0 Å². The Balaban J connectivity index is 1.63. The third kappa shape index (κ3) is 4.98. The van der Waals surface area contributed by atoms with Gasteiger partial charge in [0, 0.05) is 11.6 Å². The Morgan fingerprint density at radius 1 is 1.32 bits per heavy atom. The lowest BCUT2D eigenvalue weighted by Crippen LogP contribution is -2.44. The highest BCUT2D eigenvalue weighted by Crippen LogP contribution is 2.23. The number of carbonyl (C=O) groups excluding carboxylic acids is 2. The maximum Gasteiger partial charge on any atom is 0.310 e. The number of aromatic nitrogens is 2. The fourth-order valence-corrected chi connectivity index (χ4v) is 3.75. The first-order valence-electron chi connectivity index (χ1n) is 9.76. The molecule has 2 heterocycles. The van der Waals surface area contributed by atoms with Crippen molar-refractivity contribution in [2.75, 3.05) is 20.2 Å². The molecule has 3 atom stereocenters. The Morgan fingerprint density at radius 2 is 2.11 bits per heavy atom. The zero-order valence-electron chi connectivity index (χ0n) is 16.4. The molecule has 2 aromatic rings. The molecule has 0 saturated carbocycles. The van der Waals surface area contributed by atoms with Gasteiger partial charge in [0.25, 0.3) is 5.91 Å². The van der Waals surface area contributed by atoms with E-state index in [1.807, 2.05) is 19.1 Å². The lowest BCUT2D eigenvalue weighted by atomic mass is 9.85. The van der Waals surface area contributed by atoms with E-state index in [0.29, 0.717) is 17.9 Å². The van der Waals surface area contributed by atoms with Crippen LogP contribution in [-0.2, 0) is 9.53 Å². The van der Waals surface area contributed by atoms with Gasteiger partial charge < -0.3 is 20.4 Å². The summed E-state index contributed by atoms with van der Waals surface area (Å²) in [6.45, 7) is 3.80. The number of hydrogen-bond acceptors (Lipinski definition) is 5. The Bertz CT molecular complexity index is 767.